The summed E-state index contributed by atoms with van der Waals surface area (Å²) in [6.07, 6.45) is 0. The Morgan fingerprint density at radius 1 is 1.22 bits per heavy atom. The average Bonchev–Trinajstić information content (AvgIpc) is 2.32. The molecule has 0 aliphatic heterocycles. The van der Waals surface area contributed by atoms with Gasteiger partial charge in [-0.3, -0.25) is 0 Å². The third kappa shape index (κ3) is 3.26. The van der Waals surface area contributed by atoms with Gasteiger partial charge in [-0.05, 0) is 58.5 Å². The minimum Gasteiger partial charge on any atom is -0.505 e. The fourth-order valence-corrected chi connectivity index (χ4v) is 2.55. The van der Waals surface area contributed by atoms with E-state index in [0.717, 1.165) is 14.8 Å². The highest BCUT2D eigenvalue weighted by Crippen LogP contribution is 2.23. The van der Waals surface area contributed by atoms with Crippen molar-refractivity contribution in [2.24, 2.45) is 0 Å². The maximum Gasteiger partial charge on any atom is 0.165 e. The molecule has 0 aromatic heterocycles. The van der Waals surface area contributed by atoms with Crippen molar-refractivity contribution in [3.05, 3.63) is 56.4 Å². The minimum absolute atomic E-state index is 0.333. The summed E-state index contributed by atoms with van der Waals surface area (Å²) in [5.74, 6) is -0.945. The van der Waals surface area contributed by atoms with Gasteiger partial charge in [0.15, 0.2) is 11.6 Å². The average molecular weight is 378 g/mol. The third-order valence-electron chi connectivity index (χ3n) is 2.43. The molecule has 0 heterocycles. The lowest BCUT2D eigenvalue weighted by atomic mass is 10.2. The number of nitrogens with one attached hydrogen (secondary N) is 1. The second kappa shape index (κ2) is 5.75. The molecule has 0 amide bonds. The summed E-state index contributed by atoms with van der Waals surface area (Å²) in [5.41, 5.74) is 1.70. The molecule has 0 saturated carbocycles. The van der Waals surface area contributed by atoms with Crippen molar-refractivity contribution in [1.29, 1.82) is 0 Å². The van der Waals surface area contributed by atoms with E-state index in [4.69, 9.17) is 16.7 Å². The van der Waals surface area contributed by atoms with Gasteiger partial charge in [-0.2, -0.15) is 0 Å². The summed E-state index contributed by atoms with van der Waals surface area (Å²) in [5, 5.41) is 13.0. The largest absolute Gasteiger partial charge is 0.505 e. The highest BCUT2D eigenvalue weighted by Gasteiger charge is 2.03. The lowest BCUT2D eigenvalue weighted by molar-refractivity contribution is 0.432. The maximum atomic E-state index is 13.1. The predicted molar refractivity (Wildman–Crippen MR) is 79.6 cm³/mol. The van der Waals surface area contributed by atoms with Gasteiger partial charge in [-0.1, -0.05) is 17.7 Å². The van der Waals surface area contributed by atoms with E-state index in [-0.39, 0.29) is 5.75 Å². The van der Waals surface area contributed by atoms with E-state index < -0.39 is 5.82 Å². The van der Waals surface area contributed by atoms with Crippen molar-refractivity contribution in [2.75, 3.05) is 5.32 Å². The van der Waals surface area contributed by atoms with Crippen LogP contribution in [0.15, 0.2) is 36.4 Å². The Bertz CT molecular complexity index is 577. The van der Waals surface area contributed by atoms with E-state index in [1.165, 1.54) is 12.1 Å². The number of hydrogen-bond donors (Lipinski definition) is 2. The number of benzene rings is 2. The lowest BCUT2D eigenvalue weighted by Gasteiger charge is -2.09. The number of aromatic hydroxyl groups is 1. The van der Waals surface area contributed by atoms with E-state index in [0.29, 0.717) is 11.6 Å². The molecule has 2 aromatic rings. The van der Waals surface area contributed by atoms with Gasteiger partial charge in [0, 0.05) is 20.8 Å². The highest BCUT2D eigenvalue weighted by atomic mass is 127. The fraction of sp³-hybridized carbons (Fsp3) is 0.0769. The first-order valence-corrected chi connectivity index (χ1v) is 6.68. The Balaban J connectivity index is 2.09. The summed E-state index contributed by atoms with van der Waals surface area (Å²) in [6.45, 7) is 0.481. The maximum absolute atomic E-state index is 13.1. The van der Waals surface area contributed by atoms with E-state index in [2.05, 4.69) is 27.9 Å². The van der Waals surface area contributed by atoms with Crippen LogP contribution in [0.5, 0.6) is 5.75 Å². The van der Waals surface area contributed by atoms with Crippen LogP contribution in [0, 0.1) is 9.39 Å². The molecule has 0 aliphatic carbocycles. The SMILES string of the molecule is Oc1ccc(CNc2ccc(Cl)cc2I)cc1F. The van der Waals surface area contributed by atoms with E-state index in [9.17, 15) is 4.39 Å². The van der Waals surface area contributed by atoms with Crippen LogP contribution in [0.3, 0.4) is 0 Å². The summed E-state index contributed by atoms with van der Waals surface area (Å²) in [7, 11) is 0. The Morgan fingerprint density at radius 3 is 2.67 bits per heavy atom. The third-order valence-corrected chi connectivity index (χ3v) is 3.55. The van der Waals surface area contributed by atoms with Crippen molar-refractivity contribution >= 4 is 39.9 Å². The molecule has 0 radical (unpaired) electrons. The Morgan fingerprint density at radius 2 is 2.00 bits per heavy atom. The predicted octanol–water partition coefficient (Wildman–Crippen LogP) is 4.40. The smallest absolute Gasteiger partial charge is 0.165 e. The molecule has 0 aliphatic rings. The van der Waals surface area contributed by atoms with Crippen molar-refractivity contribution in [3.8, 4) is 5.75 Å². The molecule has 0 unspecified atom stereocenters. The molecule has 2 rings (SSSR count). The van der Waals surface area contributed by atoms with Gasteiger partial charge in [-0.15, -0.1) is 0 Å². The van der Waals surface area contributed by atoms with E-state index >= 15 is 0 Å². The number of hydrogen-bond acceptors (Lipinski definition) is 2. The molecule has 0 atom stereocenters. The first-order chi connectivity index (χ1) is 8.56. The van der Waals surface area contributed by atoms with Gasteiger partial charge >= 0.3 is 0 Å². The van der Waals surface area contributed by atoms with Crippen LogP contribution < -0.4 is 5.32 Å². The molecule has 0 fully saturated rings. The Hall–Kier alpha value is -1.01. The van der Waals surface area contributed by atoms with Crippen molar-refractivity contribution in [2.45, 2.75) is 6.54 Å². The fourth-order valence-electron chi connectivity index (χ4n) is 1.49. The first kappa shape index (κ1) is 13.4. The molecule has 0 saturated heterocycles. The number of halogens is 3. The quantitative estimate of drug-likeness (QED) is 0.777. The van der Waals surface area contributed by atoms with Crippen LogP contribution in [0.2, 0.25) is 5.02 Å². The van der Waals surface area contributed by atoms with Crippen LogP contribution in [-0.4, -0.2) is 5.11 Å². The van der Waals surface area contributed by atoms with Crippen LogP contribution in [0.1, 0.15) is 5.56 Å². The molecule has 94 valence electrons. The molecule has 18 heavy (non-hydrogen) atoms. The molecule has 0 bridgehead atoms. The van der Waals surface area contributed by atoms with Crippen molar-refractivity contribution < 1.29 is 9.50 Å². The van der Waals surface area contributed by atoms with Crippen LogP contribution in [0.4, 0.5) is 10.1 Å². The summed E-state index contributed by atoms with van der Waals surface area (Å²) in [6, 6.07) is 9.85. The second-order valence-electron chi connectivity index (χ2n) is 3.76. The number of phenolic OH excluding ortho intramolecular Hbond substituents is 1. The Labute approximate surface area is 123 Å². The molecule has 0 spiro atoms. The normalized spacial score (nSPS) is 10.4. The summed E-state index contributed by atoms with van der Waals surface area (Å²) >= 11 is 8.04. The molecule has 2 nitrogen and oxygen atoms in total. The Kier molecular flexibility index (Phi) is 4.29. The number of rotatable bonds is 3. The summed E-state index contributed by atoms with van der Waals surface area (Å²) < 4.78 is 14.1. The number of phenols is 1. The van der Waals surface area contributed by atoms with Gasteiger partial charge in [-0.25, -0.2) is 4.39 Å². The van der Waals surface area contributed by atoms with E-state index in [1.807, 2.05) is 12.1 Å². The summed E-state index contributed by atoms with van der Waals surface area (Å²) in [4.78, 5) is 0. The second-order valence-corrected chi connectivity index (χ2v) is 5.36. The molecule has 2 N–H and O–H groups in total. The number of anilines is 1. The van der Waals surface area contributed by atoms with Gasteiger partial charge in [0.25, 0.3) is 0 Å². The van der Waals surface area contributed by atoms with Crippen LogP contribution >= 0.6 is 34.2 Å². The zero-order valence-corrected chi connectivity index (χ0v) is 12.2. The minimum atomic E-state index is -0.611. The molecule has 2 aromatic carbocycles. The molecule has 5 heteroatoms. The van der Waals surface area contributed by atoms with Gasteiger partial charge in [0.2, 0.25) is 0 Å². The standard InChI is InChI=1S/C13H10ClFINO/c14-9-2-3-12(11(16)6-9)17-7-8-1-4-13(18)10(15)5-8/h1-6,17-18H,7H2. The van der Waals surface area contributed by atoms with Gasteiger partial charge in [0.1, 0.15) is 0 Å². The van der Waals surface area contributed by atoms with Gasteiger partial charge in [0.05, 0.1) is 0 Å². The topological polar surface area (TPSA) is 32.3 Å². The van der Waals surface area contributed by atoms with Crippen molar-refractivity contribution in [3.63, 3.8) is 0 Å². The van der Waals surface area contributed by atoms with E-state index in [1.54, 1.807) is 12.1 Å². The molecular formula is C13H10ClFINO. The van der Waals surface area contributed by atoms with Gasteiger partial charge < -0.3 is 10.4 Å². The zero-order valence-electron chi connectivity index (χ0n) is 9.25. The highest BCUT2D eigenvalue weighted by molar-refractivity contribution is 14.1. The zero-order chi connectivity index (χ0) is 13.1. The van der Waals surface area contributed by atoms with Crippen LogP contribution in [0.25, 0.3) is 0 Å². The molecular weight excluding hydrogens is 368 g/mol. The monoisotopic (exact) mass is 377 g/mol. The van der Waals surface area contributed by atoms with Crippen molar-refractivity contribution in [1.82, 2.24) is 0 Å². The van der Waals surface area contributed by atoms with Crippen LogP contribution in [-0.2, 0) is 6.54 Å². The first-order valence-electron chi connectivity index (χ1n) is 5.22. The lowest BCUT2D eigenvalue weighted by Crippen LogP contribution is -2.01.